The molecule has 3 heterocycles. The van der Waals surface area contributed by atoms with E-state index in [4.69, 9.17) is 22.6 Å². The van der Waals surface area contributed by atoms with E-state index in [0.29, 0.717) is 23.1 Å². The topological polar surface area (TPSA) is 101 Å². The van der Waals surface area contributed by atoms with E-state index < -0.39 is 24.5 Å². The molecule has 8 nitrogen and oxygen atoms in total. The van der Waals surface area contributed by atoms with Gasteiger partial charge in [-0.2, -0.15) is 8.78 Å². The Morgan fingerprint density at radius 3 is 2.44 bits per heavy atom. The molecule has 1 unspecified atom stereocenters. The number of alkyl halides is 2. The molecule has 0 fully saturated rings. The molecule has 12 heteroatoms. The van der Waals surface area contributed by atoms with Gasteiger partial charge in [-0.25, -0.2) is 4.98 Å². The summed E-state index contributed by atoms with van der Waals surface area (Å²) in [6, 6.07) is 12.8. The molecule has 5 rings (SSSR count). The third kappa shape index (κ3) is 6.50. The molecule has 0 amide bonds. The summed E-state index contributed by atoms with van der Waals surface area (Å²) < 4.78 is 33.5. The number of ether oxygens (including phenoxy) is 1. The van der Waals surface area contributed by atoms with Crippen molar-refractivity contribution >= 4 is 38.5 Å². The van der Waals surface area contributed by atoms with Gasteiger partial charge in [0.2, 0.25) is 0 Å². The second-order valence-corrected chi connectivity index (χ2v) is 12.7. The number of halogens is 2. The van der Waals surface area contributed by atoms with Crippen LogP contribution in [-0.4, -0.2) is 75.6 Å². The Morgan fingerprint density at radius 1 is 1.16 bits per heavy atom. The number of benzene rings is 2. The fourth-order valence-electron chi connectivity index (χ4n) is 5.59. The van der Waals surface area contributed by atoms with Gasteiger partial charge in [0, 0.05) is 22.9 Å². The maximum absolute atomic E-state index is 13.4. The highest BCUT2D eigenvalue weighted by Crippen LogP contribution is 2.48. The van der Waals surface area contributed by atoms with E-state index in [0.717, 1.165) is 33.8 Å². The first kappa shape index (κ1) is 32.7. The van der Waals surface area contributed by atoms with Gasteiger partial charge >= 0.3 is 6.61 Å². The van der Waals surface area contributed by atoms with Crippen molar-refractivity contribution in [2.75, 3.05) is 19.4 Å². The number of carbonyl (C=O) groups is 1. The minimum atomic E-state index is -3.11. The lowest BCUT2D eigenvalue weighted by atomic mass is 9.94. The molecule has 43 heavy (non-hydrogen) atoms. The molecule has 226 valence electrons. The summed E-state index contributed by atoms with van der Waals surface area (Å²) in [5, 5.41) is 20.4. The Bertz CT molecular complexity index is 1560. The molecule has 2 N–H and O–H groups in total. The fourth-order valence-corrected chi connectivity index (χ4v) is 7.20. The van der Waals surface area contributed by atoms with E-state index in [1.54, 1.807) is 0 Å². The summed E-state index contributed by atoms with van der Waals surface area (Å²) in [5.74, 6) is -2.38. The summed E-state index contributed by atoms with van der Waals surface area (Å²) >= 11 is 0. The lowest BCUT2D eigenvalue weighted by Crippen LogP contribution is -2.48. The molecule has 1 aliphatic heterocycles. The fraction of sp³-hybridized carbons (Fsp3) is 0.387. The molecule has 2 aromatic carbocycles. The van der Waals surface area contributed by atoms with Gasteiger partial charge in [-0.1, -0.05) is 59.9 Å². The predicted molar refractivity (Wildman–Crippen MR) is 167 cm³/mol. The SMILES string of the molecule is CC.[B]C(O)(O)N(C)C1C[C@H](c2c(C=O)cccc2OC(F)F)n2c1nc1ccc(-c3ccc(P(CC)CC)nc3)cc12. The summed E-state index contributed by atoms with van der Waals surface area (Å²) in [7, 11) is 6.74. The Balaban J connectivity index is 0.00000207. The molecule has 0 bridgehead atoms. The van der Waals surface area contributed by atoms with Crippen LogP contribution >= 0.6 is 7.92 Å². The van der Waals surface area contributed by atoms with Crippen molar-refractivity contribution in [1.29, 1.82) is 0 Å². The maximum Gasteiger partial charge on any atom is 0.387 e. The van der Waals surface area contributed by atoms with Crippen LogP contribution in [-0.2, 0) is 0 Å². The van der Waals surface area contributed by atoms with E-state index in [9.17, 15) is 23.8 Å². The number of hydrogen-bond acceptors (Lipinski definition) is 7. The first-order valence-corrected chi connectivity index (χ1v) is 16.0. The van der Waals surface area contributed by atoms with E-state index in [1.807, 2.05) is 48.9 Å². The van der Waals surface area contributed by atoms with Crippen LogP contribution in [0.15, 0.2) is 54.7 Å². The zero-order valence-corrected chi connectivity index (χ0v) is 25.8. The number of aldehydes is 1. The van der Waals surface area contributed by atoms with Gasteiger partial charge in [0.15, 0.2) is 19.9 Å². The molecule has 2 aromatic heterocycles. The van der Waals surface area contributed by atoms with Crippen LogP contribution in [0.1, 0.15) is 67.9 Å². The summed E-state index contributed by atoms with van der Waals surface area (Å²) in [5.41, 5.74) is 4.58. The van der Waals surface area contributed by atoms with Gasteiger partial charge in [-0.15, -0.1) is 0 Å². The van der Waals surface area contributed by atoms with E-state index in [-0.39, 0.29) is 31.2 Å². The van der Waals surface area contributed by atoms with Gasteiger partial charge in [-0.3, -0.25) is 14.7 Å². The second kappa shape index (κ2) is 13.6. The van der Waals surface area contributed by atoms with Crippen LogP contribution < -0.4 is 10.2 Å². The monoisotopic (exact) mass is 608 g/mol. The quantitative estimate of drug-likeness (QED) is 0.107. The van der Waals surface area contributed by atoms with Crippen molar-refractivity contribution in [2.24, 2.45) is 0 Å². The van der Waals surface area contributed by atoms with Crippen LogP contribution in [0.2, 0.25) is 0 Å². The van der Waals surface area contributed by atoms with Crippen LogP contribution in [0, 0.1) is 0 Å². The van der Waals surface area contributed by atoms with Crippen LogP contribution in [0.5, 0.6) is 5.75 Å². The normalized spacial score (nSPS) is 16.5. The van der Waals surface area contributed by atoms with Crippen LogP contribution in [0.25, 0.3) is 22.2 Å². The second-order valence-electron chi connectivity index (χ2n) is 9.94. The number of pyridine rings is 1. The minimum absolute atomic E-state index is 0.142. The third-order valence-electron chi connectivity index (χ3n) is 7.70. The molecule has 0 spiro atoms. The van der Waals surface area contributed by atoms with Gasteiger partial charge < -0.3 is 19.5 Å². The van der Waals surface area contributed by atoms with Crippen molar-refractivity contribution in [3.8, 4) is 16.9 Å². The Kier molecular flexibility index (Phi) is 10.3. The molecule has 0 saturated heterocycles. The smallest absolute Gasteiger partial charge is 0.387 e. The highest BCUT2D eigenvalue weighted by molar-refractivity contribution is 7.65. The minimum Gasteiger partial charge on any atom is -0.434 e. The number of aromatic nitrogens is 3. The molecular formula is C31H36BF2N4O4P. The summed E-state index contributed by atoms with van der Waals surface area (Å²) in [6.45, 7) is 5.23. The number of nitrogens with zero attached hydrogens (tertiary/aromatic N) is 4. The van der Waals surface area contributed by atoms with Gasteiger partial charge in [0.25, 0.3) is 0 Å². The highest BCUT2D eigenvalue weighted by Gasteiger charge is 2.43. The standard InChI is InChI=1S/C29H30BF2N4O4P.C2H6/c1-4-41(5-2)25-12-10-18(15-33-25)17-9-11-20-21(13-17)36-22(14-23(27(36)34-20)35(3)29(30,38)39)26-19(16-37)7-6-8-24(26)40-28(31)32;1-2/h6-13,15-16,22-23,28,38-39H,4-5,14H2,1-3H3;1-2H3/t22-,23?;/m1./s1. The lowest BCUT2D eigenvalue weighted by molar-refractivity contribution is -0.202. The first-order valence-electron chi connectivity index (χ1n) is 14.3. The van der Waals surface area contributed by atoms with Gasteiger partial charge in [0.1, 0.15) is 11.6 Å². The van der Waals surface area contributed by atoms with Crippen molar-refractivity contribution in [3.05, 3.63) is 71.7 Å². The molecule has 0 aliphatic carbocycles. The molecule has 4 aromatic rings. The zero-order valence-electron chi connectivity index (χ0n) is 24.9. The largest absolute Gasteiger partial charge is 0.434 e. The van der Waals surface area contributed by atoms with Crippen LogP contribution in [0.4, 0.5) is 8.78 Å². The Morgan fingerprint density at radius 2 is 1.86 bits per heavy atom. The molecule has 2 radical (unpaired) electrons. The highest BCUT2D eigenvalue weighted by atomic mass is 31.1. The van der Waals surface area contributed by atoms with Gasteiger partial charge in [-0.05, 0) is 55.6 Å². The number of aliphatic hydroxyl groups is 2. The van der Waals surface area contributed by atoms with Crippen LogP contribution in [0.3, 0.4) is 0 Å². The van der Waals surface area contributed by atoms with E-state index in [1.165, 1.54) is 25.2 Å². The lowest BCUT2D eigenvalue weighted by Gasteiger charge is -2.33. The molecular weight excluding hydrogens is 572 g/mol. The van der Waals surface area contributed by atoms with Crippen molar-refractivity contribution < 1.29 is 28.5 Å². The number of carbonyl (C=O) groups excluding carboxylic acids is 1. The molecule has 0 saturated carbocycles. The average Bonchev–Trinajstić information content (AvgIpc) is 3.55. The van der Waals surface area contributed by atoms with E-state index >= 15 is 0 Å². The number of fused-ring (bicyclic) bond motifs is 3. The first-order chi connectivity index (χ1) is 20.6. The summed E-state index contributed by atoms with van der Waals surface area (Å²) in [6.07, 6.45) is 4.73. The number of imidazole rings is 1. The maximum atomic E-state index is 13.4. The third-order valence-corrected chi connectivity index (χ3v) is 10.1. The zero-order chi connectivity index (χ0) is 31.5. The number of rotatable bonds is 10. The molecule has 2 atom stereocenters. The van der Waals surface area contributed by atoms with Gasteiger partial charge in [0.05, 0.1) is 28.6 Å². The Labute approximate surface area is 252 Å². The van der Waals surface area contributed by atoms with Crippen molar-refractivity contribution in [1.82, 2.24) is 19.4 Å². The van der Waals surface area contributed by atoms with E-state index in [2.05, 4.69) is 19.9 Å². The number of hydrogen-bond donors (Lipinski definition) is 2. The summed E-state index contributed by atoms with van der Waals surface area (Å²) in [4.78, 5) is 22.7. The average molecular weight is 608 g/mol. The van der Waals surface area contributed by atoms with Crippen molar-refractivity contribution in [2.45, 2.75) is 58.6 Å². The Hall–Kier alpha value is -3.24. The van der Waals surface area contributed by atoms with Crippen molar-refractivity contribution in [3.63, 3.8) is 0 Å². The molecule has 1 aliphatic rings. The predicted octanol–water partition coefficient (Wildman–Crippen LogP) is 5.42.